The van der Waals surface area contributed by atoms with Crippen molar-refractivity contribution in [2.24, 2.45) is 0 Å². The maximum absolute atomic E-state index is 12.4. The van der Waals surface area contributed by atoms with Gasteiger partial charge in [-0.2, -0.15) is 5.10 Å². The van der Waals surface area contributed by atoms with Crippen LogP contribution in [0.15, 0.2) is 41.3 Å². The summed E-state index contributed by atoms with van der Waals surface area (Å²) in [5.41, 5.74) is 1.31. The Morgan fingerprint density at radius 1 is 1.20 bits per heavy atom. The summed E-state index contributed by atoms with van der Waals surface area (Å²) in [7, 11) is 0. The van der Waals surface area contributed by atoms with Gasteiger partial charge in [-0.25, -0.2) is 9.67 Å². The number of morpholine rings is 1. The van der Waals surface area contributed by atoms with Gasteiger partial charge in [0.05, 0.1) is 30.6 Å². The molecule has 2 aromatic heterocycles. The molecule has 1 aliphatic heterocycles. The molecule has 3 heterocycles. The number of benzene rings is 1. The number of para-hydroxylation sites is 1. The molecule has 7 heteroatoms. The molecule has 1 saturated heterocycles. The molecule has 0 spiro atoms. The van der Waals surface area contributed by atoms with E-state index in [1.54, 1.807) is 10.9 Å². The molecule has 7 nitrogen and oxygen atoms in total. The van der Waals surface area contributed by atoms with Crippen LogP contribution >= 0.6 is 0 Å². The third-order valence-corrected chi connectivity index (χ3v) is 4.36. The van der Waals surface area contributed by atoms with Gasteiger partial charge in [0.25, 0.3) is 5.56 Å². The number of hydrogen-bond acceptors (Lipinski definition) is 5. The number of hydrogen-bond donors (Lipinski definition) is 1. The summed E-state index contributed by atoms with van der Waals surface area (Å²) in [6, 6.07) is 9.71. The van der Waals surface area contributed by atoms with Crippen LogP contribution in [0, 0.1) is 0 Å². The maximum atomic E-state index is 12.4. The fourth-order valence-corrected chi connectivity index (χ4v) is 3.42. The fourth-order valence-electron chi connectivity index (χ4n) is 3.42. The van der Waals surface area contributed by atoms with E-state index in [0.29, 0.717) is 23.4 Å². The molecule has 0 amide bonds. The molecule has 1 N–H and O–H groups in total. The summed E-state index contributed by atoms with van der Waals surface area (Å²) in [6.07, 6.45) is 1.92. The molecular formula is C18H21N5O2. The van der Waals surface area contributed by atoms with Crippen molar-refractivity contribution in [3.63, 3.8) is 0 Å². The molecule has 25 heavy (non-hydrogen) atoms. The van der Waals surface area contributed by atoms with Crippen molar-refractivity contribution in [3.8, 4) is 5.69 Å². The third-order valence-electron chi connectivity index (χ3n) is 4.36. The predicted octanol–water partition coefficient (Wildman–Crippen LogP) is 1.72. The van der Waals surface area contributed by atoms with E-state index in [1.807, 2.05) is 30.3 Å². The summed E-state index contributed by atoms with van der Waals surface area (Å²) in [6.45, 7) is 6.36. The van der Waals surface area contributed by atoms with Gasteiger partial charge >= 0.3 is 0 Å². The predicted molar refractivity (Wildman–Crippen MR) is 94.8 cm³/mol. The summed E-state index contributed by atoms with van der Waals surface area (Å²) < 4.78 is 7.47. The number of nitrogens with one attached hydrogen (secondary N) is 1. The Balaban J connectivity index is 1.70. The maximum Gasteiger partial charge on any atom is 0.262 e. The van der Waals surface area contributed by atoms with E-state index >= 15 is 0 Å². The second-order valence-electron chi connectivity index (χ2n) is 6.59. The highest BCUT2D eigenvalue weighted by molar-refractivity contribution is 5.75. The summed E-state index contributed by atoms with van der Waals surface area (Å²) in [5.74, 6) is 0.650. The minimum absolute atomic E-state index is 0.156. The van der Waals surface area contributed by atoms with Crippen molar-refractivity contribution in [1.82, 2.24) is 24.6 Å². The summed E-state index contributed by atoms with van der Waals surface area (Å²) >= 11 is 0. The highest BCUT2D eigenvalue weighted by Crippen LogP contribution is 2.16. The first-order valence-electron chi connectivity index (χ1n) is 8.50. The van der Waals surface area contributed by atoms with Crippen molar-refractivity contribution < 1.29 is 4.74 Å². The number of fused-ring (bicyclic) bond motifs is 1. The second kappa shape index (κ2) is 6.42. The van der Waals surface area contributed by atoms with Crippen molar-refractivity contribution in [1.29, 1.82) is 0 Å². The highest BCUT2D eigenvalue weighted by Gasteiger charge is 2.23. The number of rotatable bonds is 3. The topological polar surface area (TPSA) is 76.0 Å². The second-order valence-corrected chi connectivity index (χ2v) is 6.59. The van der Waals surface area contributed by atoms with E-state index in [2.05, 4.69) is 33.8 Å². The molecule has 3 aromatic rings. The number of nitrogens with zero attached hydrogens (tertiary/aromatic N) is 4. The van der Waals surface area contributed by atoms with Gasteiger partial charge in [0.1, 0.15) is 11.2 Å². The van der Waals surface area contributed by atoms with Crippen molar-refractivity contribution in [3.05, 3.63) is 52.7 Å². The molecule has 1 fully saturated rings. The number of H-pyrrole nitrogens is 1. The Labute approximate surface area is 145 Å². The zero-order chi connectivity index (χ0) is 17.4. The van der Waals surface area contributed by atoms with Crippen LogP contribution in [0.25, 0.3) is 16.7 Å². The van der Waals surface area contributed by atoms with Crippen LogP contribution in [-0.2, 0) is 11.3 Å². The quantitative estimate of drug-likeness (QED) is 0.786. The molecule has 2 atom stereocenters. The minimum atomic E-state index is -0.156. The Hall–Kier alpha value is -2.51. The monoisotopic (exact) mass is 339 g/mol. The highest BCUT2D eigenvalue weighted by atomic mass is 16.5. The Morgan fingerprint density at radius 2 is 1.92 bits per heavy atom. The van der Waals surface area contributed by atoms with Crippen LogP contribution in [0.3, 0.4) is 0 Å². The van der Waals surface area contributed by atoms with E-state index in [1.165, 1.54) is 0 Å². The first-order valence-corrected chi connectivity index (χ1v) is 8.50. The average Bonchev–Trinajstić information content (AvgIpc) is 2.99. The summed E-state index contributed by atoms with van der Waals surface area (Å²) in [4.78, 5) is 22.2. The lowest BCUT2D eigenvalue weighted by Crippen LogP contribution is -2.45. The van der Waals surface area contributed by atoms with Crippen LogP contribution < -0.4 is 5.56 Å². The van der Waals surface area contributed by atoms with Crippen LogP contribution in [0.4, 0.5) is 0 Å². The number of aromatic amines is 1. The Morgan fingerprint density at radius 3 is 2.64 bits per heavy atom. The van der Waals surface area contributed by atoms with Gasteiger partial charge in [-0.15, -0.1) is 0 Å². The molecule has 1 aromatic carbocycles. The summed E-state index contributed by atoms with van der Waals surface area (Å²) in [5, 5.41) is 4.84. The molecule has 130 valence electrons. The molecule has 1 aliphatic rings. The van der Waals surface area contributed by atoms with Gasteiger partial charge in [-0.3, -0.25) is 9.69 Å². The van der Waals surface area contributed by atoms with Crippen molar-refractivity contribution in [2.75, 3.05) is 13.1 Å². The molecule has 2 unspecified atom stereocenters. The van der Waals surface area contributed by atoms with E-state index in [-0.39, 0.29) is 17.8 Å². The first-order chi connectivity index (χ1) is 12.1. The van der Waals surface area contributed by atoms with Gasteiger partial charge in [0.15, 0.2) is 5.65 Å². The van der Waals surface area contributed by atoms with E-state index in [9.17, 15) is 4.79 Å². The van der Waals surface area contributed by atoms with Gasteiger partial charge in [-0.05, 0) is 26.0 Å². The molecule has 0 saturated carbocycles. The smallest absolute Gasteiger partial charge is 0.262 e. The zero-order valence-corrected chi connectivity index (χ0v) is 14.3. The third kappa shape index (κ3) is 3.20. The first kappa shape index (κ1) is 16.0. The van der Waals surface area contributed by atoms with E-state index < -0.39 is 0 Å². The Bertz CT molecular complexity index is 924. The minimum Gasteiger partial charge on any atom is -0.373 e. The van der Waals surface area contributed by atoms with Gasteiger partial charge in [0.2, 0.25) is 0 Å². The van der Waals surface area contributed by atoms with Crippen LogP contribution in [0.5, 0.6) is 0 Å². The fraction of sp³-hybridized carbons (Fsp3) is 0.389. The molecule has 0 aliphatic carbocycles. The van der Waals surface area contributed by atoms with Crippen LogP contribution in [0.1, 0.15) is 19.7 Å². The normalized spacial score (nSPS) is 21.7. The van der Waals surface area contributed by atoms with Gasteiger partial charge < -0.3 is 9.72 Å². The van der Waals surface area contributed by atoms with Crippen LogP contribution in [0.2, 0.25) is 0 Å². The molecular weight excluding hydrogens is 318 g/mol. The van der Waals surface area contributed by atoms with Crippen LogP contribution in [-0.4, -0.2) is 49.9 Å². The molecule has 0 radical (unpaired) electrons. The lowest BCUT2D eigenvalue weighted by molar-refractivity contribution is -0.0710. The average molecular weight is 339 g/mol. The number of ether oxygens (including phenoxy) is 1. The van der Waals surface area contributed by atoms with Gasteiger partial charge in [-0.1, -0.05) is 18.2 Å². The van der Waals surface area contributed by atoms with Crippen molar-refractivity contribution in [2.45, 2.75) is 32.6 Å². The van der Waals surface area contributed by atoms with E-state index in [4.69, 9.17) is 4.74 Å². The molecule has 0 bridgehead atoms. The largest absolute Gasteiger partial charge is 0.373 e. The molecule has 4 rings (SSSR count). The SMILES string of the molecule is CC1CN(Cc2nc3c(cnn3-c3ccccc3)c(=O)[nH]2)CC(C)O1. The standard InChI is InChI=1S/C18H21N5O2/c1-12-9-22(10-13(2)25-12)11-16-20-17-15(18(24)21-16)8-19-23(17)14-6-4-3-5-7-14/h3-8,12-13H,9-11H2,1-2H3,(H,20,21,24). The van der Waals surface area contributed by atoms with E-state index in [0.717, 1.165) is 18.8 Å². The zero-order valence-electron chi connectivity index (χ0n) is 14.3. The number of aromatic nitrogens is 4. The lowest BCUT2D eigenvalue weighted by atomic mass is 10.2. The lowest BCUT2D eigenvalue weighted by Gasteiger charge is -2.34. The van der Waals surface area contributed by atoms with Gasteiger partial charge in [0, 0.05) is 13.1 Å². The van der Waals surface area contributed by atoms with Crippen molar-refractivity contribution >= 4 is 11.0 Å². The Kier molecular flexibility index (Phi) is 4.10.